The number of ether oxygens (including phenoxy) is 5. The first-order chi connectivity index (χ1) is 7.62. The maximum atomic E-state index is 5.30. The van der Waals surface area contributed by atoms with Crippen LogP contribution in [0.4, 0.5) is 0 Å². The molecule has 0 N–H and O–H groups in total. The fourth-order valence-electron chi connectivity index (χ4n) is 1.60. The van der Waals surface area contributed by atoms with Gasteiger partial charge in [0.2, 0.25) is 11.6 Å². The Labute approximate surface area is 95.6 Å². The van der Waals surface area contributed by atoms with Gasteiger partial charge >= 0.3 is 0 Å². The molecule has 0 radical (unpaired) electrons. The highest BCUT2D eigenvalue weighted by atomic mass is 16.7. The summed E-state index contributed by atoms with van der Waals surface area (Å²) in [5.41, 5.74) is 0. The van der Waals surface area contributed by atoms with Gasteiger partial charge in [-0.2, -0.15) is 0 Å². The predicted octanol–water partition coefficient (Wildman–Crippen LogP) is 1.06. The van der Waals surface area contributed by atoms with Crippen LogP contribution in [0.3, 0.4) is 0 Å². The van der Waals surface area contributed by atoms with Crippen LogP contribution in [-0.4, -0.2) is 47.1 Å². The first kappa shape index (κ1) is 13.2. The first-order valence-corrected chi connectivity index (χ1v) is 4.80. The summed E-state index contributed by atoms with van der Waals surface area (Å²) < 4.78 is 26.4. The highest BCUT2D eigenvalue weighted by Crippen LogP contribution is 2.34. The molecule has 0 aromatic heterocycles. The molecule has 16 heavy (non-hydrogen) atoms. The molecule has 0 fully saturated rings. The summed E-state index contributed by atoms with van der Waals surface area (Å²) in [6.45, 7) is 0. The first-order valence-electron chi connectivity index (χ1n) is 4.80. The van der Waals surface area contributed by atoms with Gasteiger partial charge in [-0.25, -0.2) is 0 Å². The van der Waals surface area contributed by atoms with Crippen LogP contribution in [0.15, 0.2) is 24.0 Å². The summed E-state index contributed by atoms with van der Waals surface area (Å²) in [5, 5.41) is 0. The quantitative estimate of drug-likeness (QED) is 0.522. The average Bonchev–Trinajstić information content (AvgIpc) is 2.38. The molecule has 1 aliphatic rings. The molecular formula is C11H18O5. The van der Waals surface area contributed by atoms with E-state index in [9.17, 15) is 0 Å². The van der Waals surface area contributed by atoms with Crippen molar-refractivity contribution in [1.29, 1.82) is 0 Å². The SMILES string of the molecule is COC1=CC(OC)(OC)C=CC1(OC)OC. The lowest BCUT2D eigenvalue weighted by molar-refractivity contribution is -0.185. The zero-order valence-electron chi connectivity index (χ0n) is 10.3. The van der Waals surface area contributed by atoms with E-state index in [1.807, 2.05) is 0 Å². The summed E-state index contributed by atoms with van der Waals surface area (Å²) in [4.78, 5) is 0. The Balaban J connectivity index is 3.13. The molecule has 0 amide bonds. The minimum Gasteiger partial charge on any atom is -0.495 e. The van der Waals surface area contributed by atoms with Crippen molar-refractivity contribution in [2.45, 2.75) is 11.6 Å². The number of hydrogen-bond acceptors (Lipinski definition) is 5. The Bertz CT molecular complexity index is 287. The van der Waals surface area contributed by atoms with Crippen molar-refractivity contribution in [2.75, 3.05) is 35.5 Å². The van der Waals surface area contributed by atoms with Gasteiger partial charge in [-0.1, -0.05) is 0 Å². The summed E-state index contributed by atoms with van der Waals surface area (Å²) >= 11 is 0. The van der Waals surface area contributed by atoms with Crippen LogP contribution in [0.1, 0.15) is 0 Å². The smallest absolute Gasteiger partial charge is 0.247 e. The van der Waals surface area contributed by atoms with Gasteiger partial charge in [-0.05, 0) is 12.2 Å². The van der Waals surface area contributed by atoms with Crippen LogP contribution in [0.5, 0.6) is 0 Å². The lowest BCUT2D eigenvalue weighted by atomic mass is 10.0. The molecule has 1 aliphatic carbocycles. The summed E-state index contributed by atoms with van der Waals surface area (Å²) in [7, 11) is 7.70. The maximum absolute atomic E-state index is 5.30. The van der Waals surface area contributed by atoms with E-state index in [1.54, 1.807) is 32.4 Å². The van der Waals surface area contributed by atoms with Crippen LogP contribution in [0.2, 0.25) is 0 Å². The van der Waals surface area contributed by atoms with Crippen molar-refractivity contribution in [3.8, 4) is 0 Å². The minimum absolute atomic E-state index is 0.476. The van der Waals surface area contributed by atoms with E-state index in [1.165, 1.54) is 21.3 Å². The molecule has 5 nitrogen and oxygen atoms in total. The van der Waals surface area contributed by atoms with Crippen molar-refractivity contribution in [2.24, 2.45) is 0 Å². The van der Waals surface area contributed by atoms with E-state index in [2.05, 4.69) is 0 Å². The second-order valence-corrected chi connectivity index (χ2v) is 3.25. The average molecular weight is 230 g/mol. The Hall–Kier alpha value is -0.880. The summed E-state index contributed by atoms with van der Waals surface area (Å²) in [6, 6.07) is 0. The second kappa shape index (κ2) is 4.97. The van der Waals surface area contributed by atoms with Crippen molar-refractivity contribution in [3.63, 3.8) is 0 Å². The fourth-order valence-corrected chi connectivity index (χ4v) is 1.60. The van der Waals surface area contributed by atoms with Gasteiger partial charge in [-0.3, -0.25) is 0 Å². The largest absolute Gasteiger partial charge is 0.495 e. The predicted molar refractivity (Wildman–Crippen MR) is 57.7 cm³/mol. The zero-order chi connectivity index (χ0) is 12.2. The van der Waals surface area contributed by atoms with E-state index < -0.39 is 11.6 Å². The normalized spacial score (nSPS) is 21.7. The van der Waals surface area contributed by atoms with Gasteiger partial charge in [0.05, 0.1) is 7.11 Å². The third-order valence-electron chi connectivity index (χ3n) is 2.68. The summed E-state index contributed by atoms with van der Waals surface area (Å²) in [5.74, 6) is -1.48. The zero-order valence-corrected chi connectivity index (χ0v) is 10.3. The van der Waals surface area contributed by atoms with Crippen molar-refractivity contribution >= 4 is 0 Å². The molecule has 92 valence electrons. The molecule has 0 atom stereocenters. The lowest BCUT2D eigenvalue weighted by Crippen LogP contribution is -2.42. The third-order valence-corrected chi connectivity index (χ3v) is 2.68. The van der Waals surface area contributed by atoms with E-state index in [0.29, 0.717) is 5.76 Å². The van der Waals surface area contributed by atoms with Gasteiger partial charge in [-0.15, -0.1) is 0 Å². The molecular weight excluding hydrogens is 212 g/mol. The molecule has 0 saturated heterocycles. The Morgan fingerprint density at radius 1 is 0.812 bits per heavy atom. The highest BCUT2D eigenvalue weighted by Gasteiger charge is 2.42. The molecule has 0 aliphatic heterocycles. The molecule has 0 heterocycles. The molecule has 0 spiro atoms. The van der Waals surface area contributed by atoms with E-state index in [-0.39, 0.29) is 0 Å². The number of methoxy groups -OCH3 is 5. The van der Waals surface area contributed by atoms with Crippen molar-refractivity contribution in [3.05, 3.63) is 24.0 Å². The van der Waals surface area contributed by atoms with Crippen LogP contribution < -0.4 is 0 Å². The van der Waals surface area contributed by atoms with Gasteiger partial charge in [0.15, 0.2) is 5.76 Å². The van der Waals surface area contributed by atoms with E-state index in [4.69, 9.17) is 23.7 Å². The highest BCUT2D eigenvalue weighted by molar-refractivity contribution is 5.29. The topological polar surface area (TPSA) is 46.2 Å². The van der Waals surface area contributed by atoms with Crippen LogP contribution in [0, 0.1) is 0 Å². The van der Waals surface area contributed by atoms with Crippen LogP contribution in [-0.2, 0) is 23.7 Å². The Morgan fingerprint density at radius 2 is 1.38 bits per heavy atom. The molecule has 0 aromatic carbocycles. The second-order valence-electron chi connectivity index (χ2n) is 3.25. The molecule has 1 rings (SSSR count). The molecule has 0 unspecified atom stereocenters. The van der Waals surface area contributed by atoms with Gasteiger partial charge < -0.3 is 23.7 Å². The van der Waals surface area contributed by atoms with Gasteiger partial charge in [0.1, 0.15) is 0 Å². The van der Waals surface area contributed by atoms with E-state index >= 15 is 0 Å². The molecule has 0 saturated carbocycles. The van der Waals surface area contributed by atoms with Crippen LogP contribution >= 0.6 is 0 Å². The Morgan fingerprint density at radius 3 is 1.75 bits per heavy atom. The Kier molecular flexibility index (Phi) is 4.09. The standard InChI is InChI=1S/C11H18O5/c1-12-9-8-10(13-2,14-3)6-7-11(9,15-4)16-5/h6-8H,1-5H3. The van der Waals surface area contributed by atoms with Crippen LogP contribution in [0.25, 0.3) is 0 Å². The molecule has 5 heteroatoms. The monoisotopic (exact) mass is 230 g/mol. The molecule has 0 aromatic rings. The van der Waals surface area contributed by atoms with Crippen molar-refractivity contribution in [1.82, 2.24) is 0 Å². The third kappa shape index (κ3) is 1.99. The van der Waals surface area contributed by atoms with Gasteiger partial charge in [0.25, 0.3) is 0 Å². The van der Waals surface area contributed by atoms with Crippen molar-refractivity contribution < 1.29 is 23.7 Å². The van der Waals surface area contributed by atoms with Gasteiger partial charge in [0, 0.05) is 34.5 Å². The fraction of sp³-hybridized carbons (Fsp3) is 0.636. The minimum atomic E-state index is -1.02. The summed E-state index contributed by atoms with van der Waals surface area (Å²) in [6.07, 6.45) is 5.07. The lowest BCUT2D eigenvalue weighted by Gasteiger charge is -2.36. The molecule has 0 bridgehead atoms. The number of rotatable bonds is 5. The number of hydrogen-bond donors (Lipinski definition) is 0. The van der Waals surface area contributed by atoms with E-state index in [0.717, 1.165) is 0 Å². The maximum Gasteiger partial charge on any atom is 0.247 e.